The van der Waals surface area contributed by atoms with Crippen molar-refractivity contribution in [2.45, 2.75) is 63.2 Å². The van der Waals surface area contributed by atoms with Gasteiger partial charge in [0.25, 0.3) is 0 Å². The molecule has 0 atom stereocenters. The van der Waals surface area contributed by atoms with Crippen molar-refractivity contribution in [1.29, 1.82) is 0 Å². The zero-order valence-corrected chi connectivity index (χ0v) is 45.8. The van der Waals surface area contributed by atoms with Gasteiger partial charge in [-0.05, 0) is 142 Å². The number of benzene rings is 9. The average molecular weight is 1180 g/mol. The maximum Gasteiger partial charge on any atom is 0.416 e. The smallest absolute Gasteiger partial charge is 0.416 e. The predicted octanol–water partition coefficient (Wildman–Crippen LogP) is 22.4. The third-order valence-corrected chi connectivity index (χ3v) is 18.5. The number of alkyl halides is 12. The molecule has 0 radical (unpaired) electrons. The Morgan fingerprint density at radius 1 is 0.365 bits per heavy atom. The van der Waals surface area contributed by atoms with Gasteiger partial charge < -0.3 is 18.6 Å². The van der Waals surface area contributed by atoms with Crippen LogP contribution in [0, 0.1) is 0 Å². The van der Waals surface area contributed by atoms with E-state index in [4.69, 9.17) is 4.42 Å². The summed E-state index contributed by atoms with van der Waals surface area (Å²) in [5.74, 6) is 0. The Kier molecular flexibility index (Phi) is 10.8. The Balaban J connectivity index is 0.921. The van der Waals surface area contributed by atoms with Gasteiger partial charge in [-0.2, -0.15) is 52.7 Å². The maximum atomic E-state index is 14.6. The normalized spacial score (nSPS) is 14.8. The Hall–Kier alpha value is -8.96. The third-order valence-electron chi connectivity index (χ3n) is 17.3. The lowest BCUT2D eigenvalue weighted by Gasteiger charge is -2.29. The first-order valence-electron chi connectivity index (χ1n) is 26.9. The maximum absolute atomic E-state index is 14.6. The second kappa shape index (κ2) is 17.3. The van der Waals surface area contributed by atoms with E-state index >= 15 is 0 Å². The number of rotatable bonds is 6. The minimum atomic E-state index is -5.14. The first kappa shape index (κ1) is 52.8. The van der Waals surface area contributed by atoms with Gasteiger partial charge in [-0.1, -0.05) is 100 Å². The summed E-state index contributed by atoms with van der Waals surface area (Å²) >= 11 is 1.39. The average Bonchev–Trinajstić information content (AvgIpc) is 1.55. The number of furan rings is 1. The van der Waals surface area contributed by atoms with Crippen molar-refractivity contribution < 1.29 is 57.1 Å². The number of nitrogens with zero attached hydrogens (tertiary/aromatic N) is 3. The van der Waals surface area contributed by atoms with Crippen LogP contribution in [-0.4, -0.2) is 4.40 Å². The first-order valence-corrected chi connectivity index (χ1v) is 27.7. The zero-order valence-electron chi connectivity index (χ0n) is 44.9. The quantitative estimate of drug-likeness (QED) is 0.155. The molecule has 15 rings (SSSR count). The van der Waals surface area contributed by atoms with Crippen LogP contribution in [0.3, 0.4) is 0 Å². The lowest BCUT2D eigenvalue weighted by atomic mass is 9.82. The van der Waals surface area contributed by atoms with E-state index < -0.39 is 63.5 Å². The molecule has 13 aromatic rings. The topological polar surface area (TPSA) is 24.0 Å². The lowest BCUT2D eigenvalue weighted by molar-refractivity contribution is -0.144. The van der Waals surface area contributed by atoms with Crippen LogP contribution >= 0.6 is 11.3 Å². The number of hydrogen-bond donors (Lipinski definition) is 0. The van der Waals surface area contributed by atoms with E-state index in [1.807, 2.05) is 117 Å². The monoisotopic (exact) mass is 1180 g/mol. The highest BCUT2D eigenvalue weighted by molar-refractivity contribution is 7.26. The summed E-state index contributed by atoms with van der Waals surface area (Å²) in [5, 5.41) is 2.80. The van der Waals surface area contributed by atoms with Gasteiger partial charge in [-0.3, -0.25) is 0 Å². The number of aromatic nitrogens is 1. The minimum absolute atomic E-state index is 0.1000. The highest BCUT2D eigenvalue weighted by Crippen LogP contribution is 2.56. The second-order valence-electron chi connectivity index (χ2n) is 23.0. The van der Waals surface area contributed by atoms with Gasteiger partial charge >= 0.3 is 24.7 Å². The number of fused-ring (bicyclic) bond motifs is 16. The highest BCUT2D eigenvalue weighted by atomic mass is 32.1. The lowest BCUT2D eigenvalue weighted by Crippen LogP contribution is -2.18. The number of halogens is 12. The molecule has 85 heavy (non-hydrogen) atoms. The van der Waals surface area contributed by atoms with Crippen molar-refractivity contribution in [2.75, 3.05) is 9.80 Å². The summed E-state index contributed by atoms with van der Waals surface area (Å²) in [6, 6.07) is 45.2. The van der Waals surface area contributed by atoms with Crippen molar-refractivity contribution in [3.05, 3.63) is 220 Å². The Morgan fingerprint density at radius 3 is 1.28 bits per heavy atom. The molecule has 0 saturated heterocycles. The standard InChI is InChI=1S/C68H41F12N3OS/c1-63(2)52-14-7-5-10-44(52)46-20-16-38(30-54(46)63)81(42-26-34(65(69,70)71)24-35(27-42)66(72,73)74)40-18-22-48-56(32-40)84-61-50-12-9-13-51-58(50)83(59(48)61)60-49-23-19-41(33-57(49)85-62(51)60)82(43-28-36(67(75,76)77)25-37(29-43)68(78,79)80)39-17-21-47-45-11-6-8-15-53(45)64(3,4)55(47)31-39/h5-33H,1-4H3. The summed E-state index contributed by atoms with van der Waals surface area (Å²) < 4.78 is 186. The SMILES string of the molecule is CC1(C)c2ccccc2-c2ccc(N(c3cc(C(F)(F)F)cc(C(F)(F)F)c3)c3ccc4c(c3)oc3c5cccc6c7sc8cc(N(c9cc(C(F)(F)F)cc(C(F)(F)F)c9)c9ccc%10c(c9)C(C)(C)c9ccccc9-%10)ccc8c7n(c56)c43)cc21. The van der Waals surface area contributed by atoms with Gasteiger partial charge in [-0.15, -0.1) is 11.3 Å². The van der Waals surface area contributed by atoms with Crippen molar-refractivity contribution in [2.24, 2.45) is 0 Å². The van der Waals surface area contributed by atoms with Crippen LogP contribution in [0.15, 0.2) is 180 Å². The number of thiophene rings is 1. The second-order valence-corrected chi connectivity index (χ2v) is 24.0. The molecule has 0 fully saturated rings. The number of anilines is 6. The fraction of sp³-hybridized carbons (Fsp3) is 0.147. The number of hydrogen-bond acceptors (Lipinski definition) is 4. The van der Waals surface area contributed by atoms with Crippen molar-refractivity contribution in [3.8, 4) is 22.3 Å². The van der Waals surface area contributed by atoms with E-state index in [2.05, 4.69) is 0 Å². The van der Waals surface area contributed by atoms with E-state index in [1.54, 1.807) is 54.6 Å². The minimum Gasteiger partial charge on any atom is -0.454 e. The van der Waals surface area contributed by atoms with E-state index in [9.17, 15) is 52.7 Å². The fourth-order valence-electron chi connectivity index (χ4n) is 13.4. The number of para-hydroxylation sites is 1. The molecule has 4 nitrogen and oxygen atoms in total. The molecule has 17 heteroatoms. The van der Waals surface area contributed by atoms with E-state index in [0.717, 1.165) is 77.8 Å². The molecule has 4 heterocycles. The van der Waals surface area contributed by atoms with Gasteiger partial charge in [0.05, 0.1) is 38.0 Å². The molecule has 4 aromatic heterocycles. The van der Waals surface area contributed by atoms with Crippen LogP contribution in [0.1, 0.15) is 72.2 Å². The molecule has 0 N–H and O–H groups in total. The Labute approximate surface area is 479 Å². The molecule has 0 spiro atoms. The van der Waals surface area contributed by atoms with Gasteiger partial charge in [0.15, 0.2) is 5.58 Å². The molecule has 0 aliphatic heterocycles. The van der Waals surface area contributed by atoms with Crippen molar-refractivity contribution in [3.63, 3.8) is 0 Å². The van der Waals surface area contributed by atoms with Gasteiger partial charge in [-0.25, -0.2) is 0 Å². The van der Waals surface area contributed by atoms with Gasteiger partial charge in [0.1, 0.15) is 11.1 Å². The molecule has 2 aliphatic carbocycles. The van der Waals surface area contributed by atoms with Crippen LogP contribution in [-0.2, 0) is 35.5 Å². The van der Waals surface area contributed by atoms with Gasteiger partial charge in [0.2, 0.25) is 0 Å². The largest absolute Gasteiger partial charge is 0.454 e. The van der Waals surface area contributed by atoms with E-state index in [-0.39, 0.29) is 34.8 Å². The van der Waals surface area contributed by atoms with Crippen molar-refractivity contribution in [1.82, 2.24) is 4.40 Å². The fourth-order valence-corrected chi connectivity index (χ4v) is 14.7. The summed E-state index contributed by atoms with van der Waals surface area (Å²) in [5.41, 5.74) is 3.54. The molecule has 9 aromatic carbocycles. The van der Waals surface area contributed by atoms with Crippen LogP contribution < -0.4 is 9.80 Å². The molecule has 0 bridgehead atoms. The summed E-state index contributed by atoms with van der Waals surface area (Å²) in [4.78, 5) is 2.79. The van der Waals surface area contributed by atoms with Crippen LogP contribution in [0.5, 0.6) is 0 Å². The Morgan fingerprint density at radius 2 is 0.788 bits per heavy atom. The molecule has 2 aliphatic rings. The molecule has 0 saturated carbocycles. The van der Waals surface area contributed by atoms with Crippen LogP contribution in [0.25, 0.3) is 80.9 Å². The van der Waals surface area contributed by atoms with E-state index in [0.29, 0.717) is 55.5 Å². The molecular weight excluding hydrogens is 1130 g/mol. The first-order chi connectivity index (χ1) is 40.2. The Bertz CT molecular complexity index is 4620. The van der Waals surface area contributed by atoms with Gasteiger partial charge in [0, 0.05) is 77.3 Å². The predicted molar refractivity (Wildman–Crippen MR) is 311 cm³/mol. The molecule has 0 unspecified atom stereocenters. The zero-order chi connectivity index (χ0) is 59.4. The summed E-state index contributed by atoms with van der Waals surface area (Å²) in [6.07, 6.45) is -20.5. The molecule has 0 amide bonds. The summed E-state index contributed by atoms with van der Waals surface area (Å²) in [7, 11) is 0. The third kappa shape index (κ3) is 7.77. The van der Waals surface area contributed by atoms with E-state index in [1.165, 1.54) is 21.1 Å². The molecule has 424 valence electrons. The van der Waals surface area contributed by atoms with Crippen LogP contribution in [0.2, 0.25) is 0 Å². The molecular formula is C68H41F12N3OS. The summed E-state index contributed by atoms with van der Waals surface area (Å²) in [6.45, 7) is 8.06. The van der Waals surface area contributed by atoms with Crippen LogP contribution in [0.4, 0.5) is 86.8 Å². The highest BCUT2D eigenvalue weighted by Gasteiger charge is 2.42. The van der Waals surface area contributed by atoms with Crippen molar-refractivity contribution >= 4 is 104 Å².